The average Bonchev–Trinajstić information content (AvgIpc) is 3.47. The van der Waals surface area contributed by atoms with E-state index in [0.29, 0.717) is 37.6 Å². The molecule has 2 saturated heterocycles. The maximum Gasteiger partial charge on any atom is 0.230 e. The number of rotatable bonds is 8. The number of carbonyl (C=O) groups is 2. The molecule has 3 aliphatic rings. The van der Waals surface area contributed by atoms with Crippen LogP contribution in [0.25, 0.3) is 0 Å². The largest absolute Gasteiger partial charge is 0.493 e. The third-order valence-electron chi connectivity index (χ3n) is 6.77. The Bertz CT molecular complexity index is 1090. The molecule has 0 radical (unpaired) electrons. The number of benzene rings is 1. The molecule has 4 heterocycles. The molecule has 1 spiro atoms. The number of hydrogen-bond donors (Lipinski definition) is 1. The lowest BCUT2D eigenvalue weighted by molar-refractivity contribution is -0.137. The molecule has 2 bridgehead atoms. The number of amides is 2. The van der Waals surface area contributed by atoms with E-state index < -0.39 is 17.4 Å². The van der Waals surface area contributed by atoms with Gasteiger partial charge in [0.15, 0.2) is 11.5 Å². The Labute approximate surface area is 192 Å². The van der Waals surface area contributed by atoms with Crippen LogP contribution in [0.15, 0.2) is 54.9 Å². The normalized spacial score (nSPS) is 27.0. The summed E-state index contributed by atoms with van der Waals surface area (Å²) in [7, 11) is 3.19. The Kier molecular flexibility index (Phi) is 5.54. The first-order chi connectivity index (χ1) is 16.0. The number of pyridine rings is 1. The van der Waals surface area contributed by atoms with Crippen LogP contribution in [0.4, 0.5) is 0 Å². The number of methoxy groups -OCH3 is 2. The van der Waals surface area contributed by atoms with Crippen molar-refractivity contribution in [1.82, 2.24) is 15.2 Å². The van der Waals surface area contributed by atoms with Crippen LogP contribution in [-0.2, 0) is 27.3 Å². The van der Waals surface area contributed by atoms with E-state index in [1.54, 1.807) is 31.5 Å². The van der Waals surface area contributed by atoms with E-state index in [0.717, 1.165) is 11.1 Å². The molecule has 8 nitrogen and oxygen atoms in total. The van der Waals surface area contributed by atoms with Crippen LogP contribution in [-0.4, -0.2) is 60.7 Å². The number of fused-ring (bicyclic) bond motifs is 1. The van der Waals surface area contributed by atoms with Gasteiger partial charge >= 0.3 is 0 Å². The smallest absolute Gasteiger partial charge is 0.230 e. The Morgan fingerprint density at radius 1 is 1.18 bits per heavy atom. The molecule has 0 aliphatic carbocycles. The van der Waals surface area contributed by atoms with E-state index in [1.165, 1.54) is 0 Å². The summed E-state index contributed by atoms with van der Waals surface area (Å²) in [5.41, 5.74) is 1.32. The number of likely N-dealkylation sites (tertiary alicyclic amines) is 1. The van der Waals surface area contributed by atoms with Gasteiger partial charge < -0.3 is 24.4 Å². The summed E-state index contributed by atoms with van der Waals surface area (Å²) < 4.78 is 16.8. The Balaban J connectivity index is 1.24. The lowest BCUT2D eigenvalue weighted by Gasteiger charge is -2.23. The quantitative estimate of drug-likeness (QED) is 0.618. The first-order valence-corrected chi connectivity index (χ1v) is 11.1. The maximum absolute atomic E-state index is 13.3. The SMILES string of the molecule is COc1ccc(CCNC(=O)C2C3C=C[C@@]4(CN(Cc5ccncc5)C(=O)C24)O3)cc1OC. The first kappa shape index (κ1) is 21.5. The zero-order valence-corrected chi connectivity index (χ0v) is 18.7. The van der Waals surface area contributed by atoms with Crippen molar-refractivity contribution in [3.8, 4) is 11.5 Å². The lowest BCUT2D eigenvalue weighted by Crippen LogP contribution is -2.44. The highest BCUT2D eigenvalue weighted by atomic mass is 16.5. The van der Waals surface area contributed by atoms with Gasteiger partial charge in [0.1, 0.15) is 5.60 Å². The third-order valence-corrected chi connectivity index (χ3v) is 6.77. The molecule has 4 atom stereocenters. The van der Waals surface area contributed by atoms with Crippen molar-refractivity contribution < 1.29 is 23.8 Å². The fourth-order valence-corrected chi connectivity index (χ4v) is 5.20. The van der Waals surface area contributed by atoms with Crippen molar-refractivity contribution in [3.05, 3.63) is 66.0 Å². The third kappa shape index (κ3) is 3.74. The Morgan fingerprint density at radius 2 is 1.97 bits per heavy atom. The van der Waals surface area contributed by atoms with Gasteiger partial charge in [0.25, 0.3) is 0 Å². The van der Waals surface area contributed by atoms with Gasteiger partial charge in [-0.1, -0.05) is 18.2 Å². The van der Waals surface area contributed by atoms with Crippen LogP contribution in [0, 0.1) is 11.8 Å². The Morgan fingerprint density at radius 3 is 2.73 bits per heavy atom. The number of aromatic nitrogens is 1. The molecular formula is C25H27N3O5. The lowest BCUT2D eigenvalue weighted by atomic mass is 9.77. The van der Waals surface area contributed by atoms with Crippen LogP contribution in [0.3, 0.4) is 0 Å². The maximum atomic E-state index is 13.3. The highest BCUT2D eigenvalue weighted by Gasteiger charge is 2.66. The predicted molar refractivity (Wildman–Crippen MR) is 120 cm³/mol. The van der Waals surface area contributed by atoms with Crippen molar-refractivity contribution >= 4 is 11.8 Å². The van der Waals surface area contributed by atoms with Crippen LogP contribution in [0.5, 0.6) is 11.5 Å². The topological polar surface area (TPSA) is 90.0 Å². The summed E-state index contributed by atoms with van der Waals surface area (Å²) in [6.45, 7) is 1.40. The molecule has 5 rings (SSSR count). The fraction of sp³-hybridized carbons (Fsp3) is 0.400. The van der Waals surface area contributed by atoms with Gasteiger partial charge in [0.2, 0.25) is 11.8 Å². The first-order valence-electron chi connectivity index (χ1n) is 11.1. The van der Waals surface area contributed by atoms with Gasteiger partial charge in [-0.15, -0.1) is 0 Å². The monoisotopic (exact) mass is 449 g/mol. The minimum absolute atomic E-state index is 0.0290. The van der Waals surface area contributed by atoms with Gasteiger partial charge in [-0.3, -0.25) is 14.6 Å². The van der Waals surface area contributed by atoms with E-state index in [-0.39, 0.29) is 17.9 Å². The summed E-state index contributed by atoms with van der Waals surface area (Å²) >= 11 is 0. The number of ether oxygens (including phenoxy) is 3. The second-order valence-electron chi connectivity index (χ2n) is 8.68. The molecule has 0 saturated carbocycles. The molecule has 1 aromatic heterocycles. The van der Waals surface area contributed by atoms with Crippen molar-refractivity contribution in [3.63, 3.8) is 0 Å². The van der Waals surface area contributed by atoms with Crippen LogP contribution in [0.2, 0.25) is 0 Å². The van der Waals surface area contributed by atoms with E-state index in [1.807, 2.05) is 42.5 Å². The summed E-state index contributed by atoms with van der Waals surface area (Å²) in [6, 6.07) is 9.49. The van der Waals surface area contributed by atoms with Crippen molar-refractivity contribution in [2.45, 2.75) is 24.7 Å². The van der Waals surface area contributed by atoms with E-state index in [9.17, 15) is 9.59 Å². The standard InChI is InChI=1S/C25H27N3O5/c1-31-18-4-3-16(13-20(18)32-2)8-12-27-23(29)21-19-5-9-25(33-19)15-28(24(30)22(21)25)14-17-6-10-26-11-7-17/h3-7,9-11,13,19,21-22H,8,12,14-15H2,1-2H3,(H,27,29)/t19?,21?,22?,25-/m0/s1. The zero-order valence-electron chi connectivity index (χ0n) is 18.7. The molecule has 8 heteroatoms. The molecule has 1 aromatic carbocycles. The number of hydrogen-bond acceptors (Lipinski definition) is 6. The van der Waals surface area contributed by atoms with Crippen molar-refractivity contribution in [2.75, 3.05) is 27.3 Å². The van der Waals surface area contributed by atoms with Gasteiger partial charge in [-0.05, 0) is 41.8 Å². The molecule has 33 heavy (non-hydrogen) atoms. The number of nitrogens with zero attached hydrogens (tertiary/aromatic N) is 2. The van der Waals surface area contributed by atoms with Gasteiger partial charge in [-0.25, -0.2) is 0 Å². The summed E-state index contributed by atoms with van der Waals surface area (Å²) in [5.74, 6) is 0.138. The van der Waals surface area contributed by atoms with E-state index >= 15 is 0 Å². The molecule has 3 aliphatic heterocycles. The molecule has 1 N–H and O–H groups in total. The summed E-state index contributed by atoms with van der Waals surface area (Å²) in [4.78, 5) is 32.3. The van der Waals surface area contributed by atoms with Gasteiger partial charge in [-0.2, -0.15) is 0 Å². The van der Waals surface area contributed by atoms with Crippen LogP contribution >= 0.6 is 0 Å². The fourth-order valence-electron chi connectivity index (χ4n) is 5.20. The van der Waals surface area contributed by atoms with Gasteiger partial charge in [0, 0.05) is 25.5 Å². The molecule has 2 amide bonds. The van der Waals surface area contributed by atoms with Crippen LogP contribution in [0.1, 0.15) is 11.1 Å². The van der Waals surface area contributed by atoms with Gasteiger partial charge in [0.05, 0.1) is 38.7 Å². The second kappa shape index (κ2) is 8.51. The molecule has 2 aromatic rings. The summed E-state index contributed by atoms with van der Waals surface area (Å²) in [5, 5.41) is 3.01. The highest BCUT2D eigenvalue weighted by Crippen LogP contribution is 2.52. The molecule has 3 unspecified atom stereocenters. The van der Waals surface area contributed by atoms with Crippen molar-refractivity contribution in [2.24, 2.45) is 11.8 Å². The second-order valence-corrected chi connectivity index (χ2v) is 8.68. The van der Waals surface area contributed by atoms with Crippen LogP contribution < -0.4 is 14.8 Å². The number of nitrogens with one attached hydrogen (secondary N) is 1. The predicted octanol–water partition coefficient (Wildman–Crippen LogP) is 1.74. The van der Waals surface area contributed by atoms with E-state index in [4.69, 9.17) is 14.2 Å². The number of carbonyl (C=O) groups excluding carboxylic acids is 2. The Hall–Kier alpha value is -3.39. The van der Waals surface area contributed by atoms with E-state index in [2.05, 4.69) is 10.3 Å². The zero-order chi connectivity index (χ0) is 23.0. The summed E-state index contributed by atoms with van der Waals surface area (Å²) in [6.07, 6.45) is 7.61. The van der Waals surface area contributed by atoms with Crippen molar-refractivity contribution in [1.29, 1.82) is 0 Å². The molecular weight excluding hydrogens is 422 g/mol. The molecule has 2 fully saturated rings. The minimum atomic E-state index is -0.708. The minimum Gasteiger partial charge on any atom is -0.493 e. The molecule has 172 valence electrons. The average molecular weight is 450 g/mol. The highest BCUT2D eigenvalue weighted by molar-refractivity contribution is 5.93.